The van der Waals surface area contributed by atoms with E-state index >= 15 is 0 Å². The van der Waals surface area contributed by atoms with Crippen LogP contribution in [-0.2, 0) is 17.8 Å². The van der Waals surface area contributed by atoms with Gasteiger partial charge in [-0.1, -0.05) is 20.8 Å². The number of nitrogens with one attached hydrogen (secondary N) is 1. The first kappa shape index (κ1) is 17.5. The normalized spacial score (nSPS) is 22.2. The Hall–Kier alpha value is -1.33. The van der Waals surface area contributed by atoms with Gasteiger partial charge in [0, 0.05) is 39.1 Å². The molecule has 1 spiro atoms. The molecule has 24 heavy (non-hydrogen) atoms. The van der Waals surface area contributed by atoms with Crippen LogP contribution in [-0.4, -0.2) is 54.0 Å². The molecule has 0 radical (unpaired) electrons. The monoisotopic (exact) mass is 333 g/mol. The van der Waals surface area contributed by atoms with Gasteiger partial charge in [-0.2, -0.15) is 0 Å². The number of nitrogens with zero attached hydrogens (tertiary/aromatic N) is 2. The van der Waals surface area contributed by atoms with Crippen LogP contribution in [0.25, 0.3) is 0 Å². The van der Waals surface area contributed by atoms with Gasteiger partial charge in [0.05, 0.1) is 6.54 Å². The summed E-state index contributed by atoms with van der Waals surface area (Å²) in [6.07, 6.45) is 2.76. The highest BCUT2D eigenvalue weighted by molar-refractivity contribution is 5.87. The van der Waals surface area contributed by atoms with E-state index in [1.165, 1.54) is 0 Å². The van der Waals surface area contributed by atoms with Gasteiger partial charge in [0.15, 0.2) is 0 Å². The first-order chi connectivity index (χ1) is 11.5. The first-order valence-electron chi connectivity index (χ1n) is 9.37. The number of likely N-dealkylation sites (tertiary alicyclic amines) is 1. The van der Waals surface area contributed by atoms with Gasteiger partial charge in [0.1, 0.15) is 17.1 Å². The van der Waals surface area contributed by atoms with Crippen LogP contribution < -0.4 is 5.32 Å². The third kappa shape index (κ3) is 3.52. The van der Waals surface area contributed by atoms with Gasteiger partial charge < -0.3 is 9.73 Å². The number of carbonyl (C=O) groups is 1. The molecule has 5 nitrogen and oxygen atoms in total. The molecule has 134 valence electrons. The lowest BCUT2D eigenvalue weighted by atomic mass is 9.82. The van der Waals surface area contributed by atoms with Crippen molar-refractivity contribution in [1.29, 1.82) is 0 Å². The van der Waals surface area contributed by atoms with E-state index < -0.39 is 0 Å². The molecule has 2 aliphatic heterocycles. The first-order valence-corrected chi connectivity index (χ1v) is 9.37. The maximum atomic E-state index is 12.7. The minimum atomic E-state index is -0.295. The fourth-order valence-corrected chi connectivity index (χ4v) is 4.08. The van der Waals surface area contributed by atoms with Gasteiger partial charge in [0.2, 0.25) is 5.91 Å². The van der Waals surface area contributed by atoms with E-state index in [9.17, 15) is 4.79 Å². The SMILES string of the molecule is CCc1ccc(CN2CCC3(CC2)C(=O)NCCN3CC(C)C)o1. The van der Waals surface area contributed by atoms with Crippen LogP contribution in [0.5, 0.6) is 0 Å². The molecule has 1 N–H and O–H groups in total. The Morgan fingerprint density at radius 2 is 1.92 bits per heavy atom. The largest absolute Gasteiger partial charge is 0.465 e. The molecular weight excluding hydrogens is 302 g/mol. The van der Waals surface area contributed by atoms with Crippen molar-refractivity contribution in [2.24, 2.45) is 5.92 Å². The molecule has 0 saturated carbocycles. The second kappa shape index (κ2) is 7.28. The predicted molar refractivity (Wildman–Crippen MR) is 94.7 cm³/mol. The van der Waals surface area contributed by atoms with Gasteiger partial charge in [-0.15, -0.1) is 0 Å². The number of hydrogen-bond donors (Lipinski definition) is 1. The maximum absolute atomic E-state index is 12.7. The average Bonchev–Trinajstić information content (AvgIpc) is 3.01. The Balaban J connectivity index is 1.63. The number of rotatable bonds is 5. The molecule has 2 fully saturated rings. The molecule has 2 aliphatic rings. The van der Waals surface area contributed by atoms with E-state index in [1.54, 1.807) is 0 Å². The molecule has 0 unspecified atom stereocenters. The molecule has 1 aromatic heterocycles. The predicted octanol–water partition coefficient (Wildman–Crippen LogP) is 2.26. The number of piperidine rings is 1. The molecular formula is C19H31N3O2. The molecule has 0 bridgehead atoms. The molecule has 0 aromatic carbocycles. The highest BCUT2D eigenvalue weighted by atomic mass is 16.3. The number of hydrogen-bond acceptors (Lipinski definition) is 4. The quantitative estimate of drug-likeness (QED) is 0.898. The smallest absolute Gasteiger partial charge is 0.240 e. The van der Waals surface area contributed by atoms with E-state index in [0.29, 0.717) is 5.92 Å². The molecule has 3 heterocycles. The van der Waals surface area contributed by atoms with Crippen LogP contribution in [0.4, 0.5) is 0 Å². The summed E-state index contributed by atoms with van der Waals surface area (Å²) in [4.78, 5) is 17.5. The van der Waals surface area contributed by atoms with E-state index in [4.69, 9.17) is 4.42 Å². The van der Waals surface area contributed by atoms with Gasteiger partial charge >= 0.3 is 0 Å². The summed E-state index contributed by atoms with van der Waals surface area (Å²) >= 11 is 0. The van der Waals surface area contributed by atoms with Crippen LogP contribution in [0.1, 0.15) is 45.1 Å². The lowest BCUT2D eigenvalue weighted by Gasteiger charge is -2.50. The molecule has 0 atom stereocenters. The van der Waals surface area contributed by atoms with Crippen molar-refractivity contribution in [3.63, 3.8) is 0 Å². The standard InChI is InChI=1S/C19H31N3O2/c1-4-16-5-6-17(24-16)14-21-10-7-19(8-11-21)18(23)20-9-12-22(19)13-15(2)3/h5-6,15H,4,7-14H2,1-3H3,(H,20,23). The summed E-state index contributed by atoms with van der Waals surface area (Å²) in [5.41, 5.74) is -0.295. The fourth-order valence-electron chi connectivity index (χ4n) is 4.08. The van der Waals surface area contributed by atoms with Gasteiger partial charge in [-0.3, -0.25) is 14.6 Å². The van der Waals surface area contributed by atoms with E-state index in [0.717, 1.165) is 70.1 Å². The highest BCUT2D eigenvalue weighted by Gasteiger charge is 2.47. The number of aryl methyl sites for hydroxylation is 1. The average molecular weight is 333 g/mol. The second-order valence-electron chi connectivity index (χ2n) is 7.63. The molecule has 2 saturated heterocycles. The fraction of sp³-hybridized carbons (Fsp3) is 0.737. The molecule has 5 heteroatoms. The number of amides is 1. The lowest BCUT2D eigenvalue weighted by Crippen LogP contribution is -2.68. The summed E-state index contributed by atoms with van der Waals surface area (Å²) in [5, 5.41) is 3.10. The van der Waals surface area contributed by atoms with Crippen LogP contribution in [0.15, 0.2) is 16.5 Å². The Kier molecular flexibility index (Phi) is 5.30. The zero-order valence-electron chi connectivity index (χ0n) is 15.3. The summed E-state index contributed by atoms with van der Waals surface area (Å²) < 4.78 is 5.84. The van der Waals surface area contributed by atoms with Crippen molar-refractivity contribution in [2.45, 2.75) is 52.1 Å². The topological polar surface area (TPSA) is 48.7 Å². The molecule has 0 aliphatic carbocycles. The lowest BCUT2D eigenvalue weighted by molar-refractivity contribution is -0.142. The minimum absolute atomic E-state index is 0.236. The third-order valence-corrected chi connectivity index (χ3v) is 5.41. The third-order valence-electron chi connectivity index (χ3n) is 5.41. The van der Waals surface area contributed by atoms with Crippen molar-refractivity contribution in [3.05, 3.63) is 23.7 Å². The van der Waals surface area contributed by atoms with Crippen LogP contribution >= 0.6 is 0 Å². The zero-order chi connectivity index (χ0) is 17.2. The van der Waals surface area contributed by atoms with E-state index in [-0.39, 0.29) is 11.4 Å². The van der Waals surface area contributed by atoms with Crippen molar-refractivity contribution in [2.75, 3.05) is 32.7 Å². The summed E-state index contributed by atoms with van der Waals surface area (Å²) in [6.45, 7) is 12.1. The second-order valence-corrected chi connectivity index (χ2v) is 7.63. The summed E-state index contributed by atoms with van der Waals surface area (Å²) in [5.74, 6) is 2.91. The van der Waals surface area contributed by atoms with Crippen LogP contribution in [0.2, 0.25) is 0 Å². The molecule has 1 amide bonds. The highest BCUT2D eigenvalue weighted by Crippen LogP contribution is 2.32. The molecule has 3 rings (SSSR count). The Morgan fingerprint density at radius 1 is 1.21 bits per heavy atom. The zero-order valence-corrected chi connectivity index (χ0v) is 15.3. The van der Waals surface area contributed by atoms with Crippen molar-refractivity contribution < 1.29 is 9.21 Å². The number of carbonyl (C=O) groups excluding carboxylic acids is 1. The van der Waals surface area contributed by atoms with E-state index in [1.807, 2.05) is 0 Å². The maximum Gasteiger partial charge on any atom is 0.240 e. The number of furan rings is 1. The van der Waals surface area contributed by atoms with Gasteiger partial charge in [-0.25, -0.2) is 0 Å². The summed E-state index contributed by atoms with van der Waals surface area (Å²) in [6, 6.07) is 4.15. The van der Waals surface area contributed by atoms with Gasteiger partial charge in [0.25, 0.3) is 0 Å². The van der Waals surface area contributed by atoms with Crippen molar-refractivity contribution >= 4 is 5.91 Å². The Morgan fingerprint density at radius 3 is 2.54 bits per heavy atom. The Labute approximate surface area is 145 Å². The number of piperazine rings is 1. The minimum Gasteiger partial charge on any atom is -0.465 e. The van der Waals surface area contributed by atoms with Crippen LogP contribution in [0.3, 0.4) is 0 Å². The Bertz CT molecular complexity index is 559. The van der Waals surface area contributed by atoms with Crippen LogP contribution in [0, 0.1) is 5.92 Å². The molecule has 1 aromatic rings. The van der Waals surface area contributed by atoms with Crippen molar-refractivity contribution in [3.8, 4) is 0 Å². The van der Waals surface area contributed by atoms with Gasteiger partial charge in [-0.05, 0) is 30.9 Å². The summed E-state index contributed by atoms with van der Waals surface area (Å²) in [7, 11) is 0. The van der Waals surface area contributed by atoms with Crippen molar-refractivity contribution in [1.82, 2.24) is 15.1 Å². The van der Waals surface area contributed by atoms with E-state index in [2.05, 4.69) is 48.0 Å².